The molecule has 0 bridgehead atoms. The number of aromatic amines is 1. The van der Waals surface area contributed by atoms with Gasteiger partial charge in [0.25, 0.3) is 5.91 Å². The molecule has 1 atom stereocenters. The van der Waals surface area contributed by atoms with Gasteiger partial charge in [-0.25, -0.2) is 4.79 Å². The summed E-state index contributed by atoms with van der Waals surface area (Å²) in [5.41, 5.74) is 7.00. The highest BCUT2D eigenvalue weighted by atomic mass is 16.5. The number of carbonyl (C=O) groups excluding carboxylic acids is 2. The van der Waals surface area contributed by atoms with Gasteiger partial charge in [-0.15, -0.1) is 0 Å². The maximum Gasteiger partial charge on any atom is 0.328 e. The van der Waals surface area contributed by atoms with Gasteiger partial charge in [0.1, 0.15) is 6.04 Å². The van der Waals surface area contributed by atoms with Crippen molar-refractivity contribution in [1.82, 2.24) is 15.5 Å². The van der Waals surface area contributed by atoms with Gasteiger partial charge in [0, 0.05) is 0 Å². The minimum atomic E-state index is -0.738. The number of ether oxygens (including phenoxy) is 1. The van der Waals surface area contributed by atoms with Crippen LogP contribution >= 0.6 is 0 Å². The summed E-state index contributed by atoms with van der Waals surface area (Å²) in [6.07, 6.45) is 1.62. The van der Waals surface area contributed by atoms with Gasteiger partial charge in [0.15, 0.2) is 5.69 Å². The number of aromatic nitrogens is 2. The molecule has 106 valence electrons. The maximum atomic E-state index is 11.9. The van der Waals surface area contributed by atoms with E-state index < -0.39 is 17.9 Å². The summed E-state index contributed by atoms with van der Waals surface area (Å²) in [5, 5.41) is 9.11. The Balaban J connectivity index is 2.70. The lowest BCUT2D eigenvalue weighted by molar-refractivity contribution is -0.144. The molecule has 0 aliphatic heterocycles. The van der Waals surface area contributed by atoms with E-state index in [1.54, 1.807) is 13.8 Å². The molecule has 1 aromatic heterocycles. The first-order valence-corrected chi connectivity index (χ1v) is 6.31. The zero-order valence-corrected chi connectivity index (χ0v) is 11.4. The summed E-state index contributed by atoms with van der Waals surface area (Å²) < 4.78 is 4.80. The fraction of sp³-hybridized carbons (Fsp3) is 0.583. The number of nitrogen functional groups attached to an aromatic ring is 1. The van der Waals surface area contributed by atoms with E-state index in [2.05, 4.69) is 15.5 Å². The van der Waals surface area contributed by atoms with Crippen molar-refractivity contribution in [2.75, 3.05) is 12.3 Å². The summed E-state index contributed by atoms with van der Waals surface area (Å²) >= 11 is 0. The Morgan fingerprint density at radius 2 is 2.16 bits per heavy atom. The number of amides is 1. The first kappa shape index (κ1) is 15.0. The summed E-state index contributed by atoms with van der Waals surface area (Å²) in [5.74, 6) is -0.976. The largest absolute Gasteiger partial charge is 0.464 e. The topological polar surface area (TPSA) is 110 Å². The number of H-pyrrole nitrogens is 1. The van der Waals surface area contributed by atoms with Gasteiger partial charge in [-0.05, 0) is 20.3 Å². The van der Waals surface area contributed by atoms with Crippen LogP contribution in [0.5, 0.6) is 0 Å². The van der Waals surface area contributed by atoms with E-state index in [9.17, 15) is 9.59 Å². The van der Waals surface area contributed by atoms with E-state index in [0.29, 0.717) is 5.69 Å². The Morgan fingerprint density at radius 1 is 1.47 bits per heavy atom. The van der Waals surface area contributed by atoms with Crippen LogP contribution in [-0.2, 0) is 16.0 Å². The number of carbonyl (C=O) groups is 2. The fourth-order valence-electron chi connectivity index (χ4n) is 1.59. The third kappa shape index (κ3) is 3.70. The number of esters is 1. The van der Waals surface area contributed by atoms with Crippen LogP contribution in [0.1, 0.15) is 43.4 Å². The zero-order valence-electron chi connectivity index (χ0n) is 11.4. The van der Waals surface area contributed by atoms with Gasteiger partial charge >= 0.3 is 5.97 Å². The minimum Gasteiger partial charge on any atom is -0.464 e. The van der Waals surface area contributed by atoms with E-state index >= 15 is 0 Å². The standard InChI is InChI=1S/C12H20N4O3/c1-4-6-8-9(13)10(16-15-8)11(17)14-7(3)12(18)19-5-2/h7H,4-6,13H2,1-3H3,(H,14,17)(H,15,16). The van der Waals surface area contributed by atoms with Gasteiger partial charge < -0.3 is 15.8 Å². The first-order chi connectivity index (χ1) is 9.01. The third-order valence-electron chi connectivity index (χ3n) is 2.59. The lowest BCUT2D eigenvalue weighted by Gasteiger charge is -2.11. The van der Waals surface area contributed by atoms with Crippen LogP contribution < -0.4 is 11.1 Å². The van der Waals surface area contributed by atoms with E-state index in [-0.39, 0.29) is 12.3 Å². The van der Waals surface area contributed by atoms with Gasteiger partial charge in [-0.2, -0.15) is 5.10 Å². The summed E-state index contributed by atoms with van der Waals surface area (Å²) in [6.45, 7) is 5.52. The SMILES string of the molecule is CCCc1[nH]nc(C(=O)NC(C)C(=O)OCC)c1N. The number of aryl methyl sites for hydroxylation is 1. The van der Waals surface area contributed by atoms with E-state index in [1.807, 2.05) is 6.92 Å². The van der Waals surface area contributed by atoms with Crippen molar-refractivity contribution in [3.63, 3.8) is 0 Å². The lowest BCUT2D eigenvalue weighted by atomic mass is 10.2. The highest BCUT2D eigenvalue weighted by Crippen LogP contribution is 2.15. The maximum absolute atomic E-state index is 11.9. The van der Waals surface area contributed by atoms with Gasteiger partial charge in [0.2, 0.25) is 0 Å². The van der Waals surface area contributed by atoms with Crippen LogP contribution in [0.25, 0.3) is 0 Å². The summed E-state index contributed by atoms with van der Waals surface area (Å²) in [7, 11) is 0. The summed E-state index contributed by atoms with van der Waals surface area (Å²) in [4.78, 5) is 23.3. The van der Waals surface area contributed by atoms with Crippen LogP contribution in [0.4, 0.5) is 5.69 Å². The van der Waals surface area contributed by atoms with E-state index in [4.69, 9.17) is 10.5 Å². The van der Waals surface area contributed by atoms with Crippen molar-refractivity contribution in [3.8, 4) is 0 Å². The minimum absolute atomic E-state index is 0.111. The molecule has 1 amide bonds. The quantitative estimate of drug-likeness (QED) is 0.655. The predicted molar refractivity (Wildman–Crippen MR) is 70.6 cm³/mol. The highest BCUT2D eigenvalue weighted by Gasteiger charge is 2.22. The Hall–Kier alpha value is -2.05. The molecular formula is C12H20N4O3. The molecule has 0 fully saturated rings. The average Bonchev–Trinajstić information content (AvgIpc) is 2.72. The number of nitrogens with one attached hydrogen (secondary N) is 2. The highest BCUT2D eigenvalue weighted by molar-refractivity contribution is 5.99. The molecular weight excluding hydrogens is 248 g/mol. The zero-order chi connectivity index (χ0) is 14.4. The molecule has 1 rings (SSSR count). The molecule has 0 spiro atoms. The van der Waals surface area contributed by atoms with Gasteiger partial charge in [0.05, 0.1) is 18.0 Å². The Labute approximate surface area is 111 Å². The summed E-state index contributed by atoms with van der Waals surface area (Å²) in [6, 6.07) is -0.738. The molecule has 7 heteroatoms. The van der Waals surface area contributed by atoms with E-state index in [1.165, 1.54) is 0 Å². The smallest absolute Gasteiger partial charge is 0.328 e. The molecule has 0 radical (unpaired) electrons. The second-order valence-corrected chi connectivity index (χ2v) is 4.16. The van der Waals surface area contributed by atoms with Crippen LogP contribution in [0.2, 0.25) is 0 Å². The molecule has 1 heterocycles. The Morgan fingerprint density at radius 3 is 2.74 bits per heavy atom. The number of nitrogens with two attached hydrogens (primary N) is 1. The second kappa shape index (κ2) is 6.77. The molecule has 19 heavy (non-hydrogen) atoms. The molecule has 1 unspecified atom stereocenters. The van der Waals surface area contributed by atoms with Gasteiger partial charge in [-0.1, -0.05) is 13.3 Å². The molecule has 0 aromatic carbocycles. The molecule has 0 aliphatic rings. The second-order valence-electron chi connectivity index (χ2n) is 4.16. The third-order valence-corrected chi connectivity index (χ3v) is 2.59. The average molecular weight is 268 g/mol. The number of hydrogen-bond donors (Lipinski definition) is 3. The van der Waals surface area contributed by atoms with Crippen molar-refractivity contribution in [2.45, 2.75) is 39.7 Å². The Bertz CT molecular complexity index is 456. The van der Waals surface area contributed by atoms with Crippen molar-refractivity contribution >= 4 is 17.6 Å². The molecule has 0 saturated heterocycles. The molecule has 0 saturated carbocycles. The Kier molecular flexibility index (Phi) is 5.35. The van der Waals surface area contributed by atoms with Crippen molar-refractivity contribution in [1.29, 1.82) is 0 Å². The van der Waals surface area contributed by atoms with Gasteiger partial charge in [-0.3, -0.25) is 9.89 Å². The molecule has 4 N–H and O–H groups in total. The van der Waals surface area contributed by atoms with Crippen LogP contribution in [0.15, 0.2) is 0 Å². The molecule has 7 nitrogen and oxygen atoms in total. The first-order valence-electron chi connectivity index (χ1n) is 6.31. The van der Waals surface area contributed by atoms with Crippen molar-refractivity contribution in [3.05, 3.63) is 11.4 Å². The number of nitrogens with zero attached hydrogens (tertiary/aromatic N) is 1. The normalized spacial score (nSPS) is 11.9. The molecule has 0 aliphatic carbocycles. The molecule has 1 aromatic rings. The fourth-order valence-corrected chi connectivity index (χ4v) is 1.59. The van der Waals surface area contributed by atoms with E-state index in [0.717, 1.165) is 18.5 Å². The number of anilines is 1. The van der Waals surface area contributed by atoms with Crippen LogP contribution in [0, 0.1) is 0 Å². The van der Waals surface area contributed by atoms with Crippen molar-refractivity contribution in [2.24, 2.45) is 0 Å². The number of rotatable bonds is 6. The lowest BCUT2D eigenvalue weighted by Crippen LogP contribution is -2.40. The van der Waals surface area contributed by atoms with Crippen LogP contribution in [-0.4, -0.2) is 34.7 Å². The number of hydrogen-bond acceptors (Lipinski definition) is 5. The monoisotopic (exact) mass is 268 g/mol. The van der Waals surface area contributed by atoms with Crippen LogP contribution in [0.3, 0.4) is 0 Å². The van der Waals surface area contributed by atoms with Crippen molar-refractivity contribution < 1.29 is 14.3 Å². The predicted octanol–water partition coefficient (Wildman–Crippen LogP) is 0.626.